The van der Waals surface area contributed by atoms with Gasteiger partial charge in [-0.05, 0) is 75.3 Å². The Kier molecular flexibility index (Phi) is 5.99. The van der Waals surface area contributed by atoms with Gasteiger partial charge in [0.2, 0.25) is 0 Å². The Morgan fingerprint density at radius 3 is 2.62 bits per heavy atom. The Morgan fingerprint density at radius 1 is 1.03 bits per heavy atom. The molecule has 0 radical (unpaired) electrons. The summed E-state index contributed by atoms with van der Waals surface area (Å²) in [6.45, 7) is 4.27. The highest BCUT2D eigenvalue weighted by Crippen LogP contribution is 2.34. The third-order valence-corrected chi connectivity index (χ3v) is 6.48. The molecule has 3 aromatic rings. The average Bonchev–Trinajstić information content (AvgIpc) is 3.15. The Balaban J connectivity index is 1.15. The van der Waals surface area contributed by atoms with Crippen molar-refractivity contribution in [2.75, 3.05) is 26.2 Å². The van der Waals surface area contributed by atoms with Gasteiger partial charge in [0.1, 0.15) is 24.0 Å². The van der Waals surface area contributed by atoms with Crippen molar-refractivity contribution >= 4 is 5.78 Å². The van der Waals surface area contributed by atoms with Crippen molar-refractivity contribution in [2.24, 2.45) is 0 Å². The largest absolute Gasteiger partial charge is 0.491 e. The minimum Gasteiger partial charge on any atom is -0.491 e. The fourth-order valence-corrected chi connectivity index (χ4v) is 4.72. The highest BCUT2D eigenvalue weighted by molar-refractivity contribution is 5.95. The molecule has 32 heavy (non-hydrogen) atoms. The molecule has 7 heteroatoms. The molecule has 0 N–H and O–H groups in total. The summed E-state index contributed by atoms with van der Waals surface area (Å²) in [5.41, 5.74) is 1.59. The van der Waals surface area contributed by atoms with Crippen LogP contribution in [-0.4, -0.2) is 51.7 Å². The van der Waals surface area contributed by atoms with Gasteiger partial charge in [-0.2, -0.15) is 0 Å². The van der Waals surface area contributed by atoms with Gasteiger partial charge in [-0.15, -0.1) is 10.2 Å². The number of halogens is 1. The Bertz CT molecular complexity index is 1090. The van der Waals surface area contributed by atoms with Gasteiger partial charge in [0.05, 0.1) is 12.1 Å². The molecule has 2 aliphatic heterocycles. The van der Waals surface area contributed by atoms with Crippen LogP contribution in [0.15, 0.2) is 48.5 Å². The molecule has 6 nitrogen and oxygen atoms in total. The van der Waals surface area contributed by atoms with Crippen LogP contribution in [0, 0.1) is 5.82 Å². The molecule has 0 bridgehead atoms. The summed E-state index contributed by atoms with van der Waals surface area (Å²) in [4.78, 5) is 14.7. The van der Waals surface area contributed by atoms with Crippen molar-refractivity contribution in [3.63, 3.8) is 0 Å². The van der Waals surface area contributed by atoms with E-state index < -0.39 is 0 Å². The minimum atomic E-state index is -0.314. The molecule has 5 rings (SSSR count). The van der Waals surface area contributed by atoms with E-state index >= 15 is 0 Å². The van der Waals surface area contributed by atoms with Crippen molar-refractivity contribution in [3.8, 4) is 17.1 Å². The molecule has 3 heterocycles. The number of hydrogen-bond acceptors (Lipinski definition) is 5. The molecule has 0 unspecified atom stereocenters. The lowest BCUT2D eigenvalue weighted by molar-refractivity contribution is 0.0972. The zero-order valence-corrected chi connectivity index (χ0v) is 18.0. The highest BCUT2D eigenvalue weighted by Gasteiger charge is 2.28. The second-order valence-corrected chi connectivity index (χ2v) is 8.53. The van der Waals surface area contributed by atoms with E-state index in [4.69, 9.17) is 4.74 Å². The van der Waals surface area contributed by atoms with Crippen LogP contribution in [0.2, 0.25) is 0 Å². The zero-order valence-electron chi connectivity index (χ0n) is 18.0. The molecule has 0 amide bonds. The number of piperidine rings is 1. The van der Waals surface area contributed by atoms with Crippen molar-refractivity contribution in [2.45, 2.75) is 38.1 Å². The Labute approximate surface area is 187 Å². The van der Waals surface area contributed by atoms with E-state index in [1.54, 1.807) is 12.1 Å². The van der Waals surface area contributed by atoms with Gasteiger partial charge < -0.3 is 14.2 Å². The quantitative estimate of drug-likeness (QED) is 0.541. The minimum absolute atomic E-state index is 0.0774. The fraction of sp³-hybridized carbons (Fsp3) is 0.400. The van der Waals surface area contributed by atoms with E-state index in [1.165, 1.54) is 12.1 Å². The molecule has 0 spiro atoms. The lowest BCUT2D eigenvalue weighted by atomic mass is 9.95. The van der Waals surface area contributed by atoms with E-state index in [2.05, 4.69) is 19.7 Å². The van der Waals surface area contributed by atoms with Gasteiger partial charge in [0.15, 0.2) is 11.6 Å². The lowest BCUT2D eigenvalue weighted by Crippen LogP contribution is -2.34. The second kappa shape index (κ2) is 9.20. The molecule has 0 saturated carbocycles. The number of rotatable bonds is 6. The first-order valence-electron chi connectivity index (χ1n) is 11.4. The maximum Gasteiger partial charge on any atom is 0.167 e. The molecule has 1 saturated heterocycles. The van der Waals surface area contributed by atoms with E-state index in [0.29, 0.717) is 24.5 Å². The Hall–Kier alpha value is -3.06. The van der Waals surface area contributed by atoms with E-state index in [0.717, 1.165) is 68.4 Å². The van der Waals surface area contributed by atoms with Gasteiger partial charge in [0.25, 0.3) is 0 Å². The number of aromatic nitrogens is 3. The third-order valence-electron chi connectivity index (χ3n) is 6.48. The molecule has 2 aliphatic rings. The molecule has 0 aliphatic carbocycles. The van der Waals surface area contributed by atoms with Gasteiger partial charge in [-0.3, -0.25) is 4.79 Å². The molecule has 0 atom stereocenters. The molecular weight excluding hydrogens is 407 g/mol. The number of fused-ring (bicyclic) bond motifs is 3. The number of carbonyl (C=O) groups is 1. The molecule has 1 aromatic heterocycles. The van der Waals surface area contributed by atoms with Crippen LogP contribution < -0.4 is 4.74 Å². The SMILES string of the molecule is O=C(CCCN1CCC(c2nnc3n2CCOc2ccccc2-3)CC1)c1ccc(F)cc1. The molecule has 166 valence electrons. The summed E-state index contributed by atoms with van der Waals surface area (Å²) in [5.74, 6) is 2.98. The van der Waals surface area contributed by atoms with Gasteiger partial charge in [-0.25, -0.2) is 4.39 Å². The van der Waals surface area contributed by atoms with Crippen LogP contribution in [0.25, 0.3) is 11.4 Å². The van der Waals surface area contributed by atoms with E-state index in [1.807, 2.05) is 24.3 Å². The number of Topliss-reactive ketones (excluding diaryl/α,β-unsaturated/α-hetero) is 1. The normalized spacial score (nSPS) is 16.7. The smallest absolute Gasteiger partial charge is 0.167 e. The van der Waals surface area contributed by atoms with Crippen LogP contribution >= 0.6 is 0 Å². The molecular formula is C25H27FN4O2. The van der Waals surface area contributed by atoms with Crippen molar-refractivity contribution in [1.29, 1.82) is 0 Å². The van der Waals surface area contributed by atoms with Gasteiger partial charge in [0, 0.05) is 17.9 Å². The number of hydrogen-bond donors (Lipinski definition) is 0. The first-order chi connectivity index (χ1) is 15.7. The van der Waals surface area contributed by atoms with Crippen molar-refractivity contribution < 1.29 is 13.9 Å². The van der Waals surface area contributed by atoms with Crippen LogP contribution in [-0.2, 0) is 6.54 Å². The summed E-state index contributed by atoms with van der Waals surface area (Å²) >= 11 is 0. The number of ketones is 1. The van der Waals surface area contributed by atoms with Crippen LogP contribution in [0.4, 0.5) is 4.39 Å². The number of benzene rings is 2. The van der Waals surface area contributed by atoms with E-state index in [-0.39, 0.29) is 11.6 Å². The average molecular weight is 435 g/mol. The Morgan fingerprint density at radius 2 is 1.81 bits per heavy atom. The number of ether oxygens (including phenoxy) is 1. The van der Waals surface area contributed by atoms with Crippen LogP contribution in [0.5, 0.6) is 5.75 Å². The summed E-state index contributed by atoms with van der Waals surface area (Å²) in [6.07, 6.45) is 3.37. The van der Waals surface area contributed by atoms with Crippen LogP contribution in [0.1, 0.15) is 47.8 Å². The standard InChI is InChI=1S/C25H27FN4O2/c26-20-9-7-18(8-10-20)22(31)5-3-13-29-14-11-19(12-15-29)24-27-28-25-21-4-1-2-6-23(21)32-17-16-30(24)25/h1-2,4,6-10,19H,3,5,11-17H2. The first-order valence-corrected chi connectivity index (χ1v) is 11.4. The lowest BCUT2D eigenvalue weighted by Gasteiger charge is -2.31. The van der Waals surface area contributed by atoms with Crippen LogP contribution in [0.3, 0.4) is 0 Å². The second-order valence-electron chi connectivity index (χ2n) is 8.53. The predicted octanol–water partition coefficient (Wildman–Crippen LogP) is 4.32. The number of likely N-dealkylation sites (tertiary alicyclic amines) is 1. The zero-order chi connectivity index (χ0) is 21.9. The maximum atomic E-state index is 13.0. The number of carbonyl (C=O) groups excluding carboxylic acids is 1. The van der Waals surface area contributed by atoms with Gasteiger partial charge >= 0.3 is 0 Å². The number of nitrogens with zero attached hydrogens (tertiary/aromatic N) is 4. The predicted molar refractivity (Wildman–Crippen MR) is 119 cm³/mol. The van der Waals surface area contributed by atoms with Gasteiger partial charge in [-0.1, -0.05) is 12.1 Å². The monoisotopic (exact) mass is 434 g/mol. The van der Waals surface area contributed by atoms with Crippen molar-refractivity contribution in [1.82, 2.24) is 19.7 Å². The summed E-state index contributed by atoms with van der Waals surface area (Å²) < 4.78 is 21.2. The summed E-state index contributed by atoms with van der Waals surface area (Å²) in [7, 11) is 0. The third kappa shape index (κ3) is 4.30. The summed E-state index contributed by atoms with van der Waals surface area (Å²) in [6, 6.07) is 13.8. The maximum absolute atomic E-state index is 13.0. The molecule has 1 fully saturated rings. The highest BCUT2D eigenvalue weighted by atomic mass is 19.1. The first kappa shape index (κ1) is 20.8. The van der Waals surface area contributed by atoms with Crippen molar-refractivity contribution in [3.05, 3.63) is 65.7 Å². The summed E-state index contributed by atoms with van der Waals surface area (Å²) in [5, 5.41) is 9.09. The topological polar surface area (TPSA) is 60.2 Å². The number of para-hydroxylation sites is 1. The molecule has 2 aromatic carbocycles. The fourth-order valence-electron chi connectivity index (χ4n) is 4.72. The van der Waals surface area contributed by atoms with E-state index in [9.17, 15) is 9.18 Å².